The number of rotatable bonds is 11. The minimum absolute atomic E-state index is 0.00195. The van der Waals surface area contributed by atoms with Crippen LogP contribution in [0, 0.1) is 5.82 Å². The number of hydrogen-bond donors (Lipinski definition) is 0. The summed E-state index contributed by atoms with van der Waals surface area (Å²) in [6.07, 6.45) is 2.25. The maximum absolute atomic E-state index is 13.0. The number of sulfonamides is 1. The van der Waals surface area contributed by atoms with Gasteiger partial charge in [0.15, 0.2) is 12.4 Å². The number of unbranched alkanes of at least 4 members (excludes halogenated alkanes) is 1. The molecule has 0 aliphatic carbocycles. The van der Waals surface area contributed by atoms with E-state index in [1.54, 1.807) is 4.68 Å². The van der Waals surface area contributed by atoms with Crippen LogP contribution in [0.2, 0.25) is 0 Å². The van der Waals surface area contributed by atoms with Gasteiger partial charge in [0.25, 0.3) is 0 Å². The van der Waals surface area contributed by atoms with Crippen molar-refractivity contribution in [3.63, 3.8) is 0 Å². The van der Waals surface area contributed by atoms with Gasteiger partial charge >= 0.3 is 5.97 Å². The Hall–Kier alpha value is -2.40. The van der Waals surface area contributed by atoms with Gasteiger partial charge in [0.2, 0.25) is 10.0 Å². The summed E-state index contributed by atoms with van der Waals surface area (Å²) < 4.78 is 45.6. The molecule has 28 heavy (non-hydrogen) atoms. The summed E-state index contributed by atoms with van der Waals surface area (Å²) in [6.45, 7) is 2.81. The number of hydrogen-bond acceptors (Lipinski definition) is 7. The smallest absolute Gasteiger partial charge is 0.306 e. The van der Waals surface area contributed by atoms with E-state index in [1.807, 2.05) is 0 Å². The molecule has 1 heterocycles. The first-order valence-electron chi connectivity index (χ1n) is 8.97. The Morgan fingerprint density at radius 2 is 1.96 bits per heavy atom. The van der Waals surface area contributed by atoms with Crippen LogP contribution >= 0.6 is 0 Å². The van der Waals surface area contributed by atoms with E-state index < -0.39 is 21.8 Å². The van der Waals surface area contributed by atoms with E-state index in [9.17, 15) is 17.6 Å². The predicted molar refractivity (Wildman–Crippen MR) is 98.0 cm³/mol. The van der Waals surface area contributed by atoms with Gasteiger partial charge in [0, 0.05) is 26.6 Å². The molecule has 0 saturated heterocycles. The highest BCUT2D eigenvalue weighted by Crippen LogP contribution is 2.15. The van der Waals surface area contributed by atoms with Gasteiger partial charge in [-0.1, -0.05) is 13.3 Å². The summed E-state index contributed by atoms with van der Waals surface area (Å²) in [5.41, 5.74) is 0. The zero-order chi connectivity index (χ0) is 20.6. The van der Waals surface area contributed by atoms with Crippen LogP contribution in [0.25, 0.3) is 0 Å². The van der Waals surface area contributed by atoms with Crippen LogP contribution in [0.5, 0.6) is 0 Å². The van der Waals surface area contributed by atoms with Crippen LogP contribution in [-0.2, 0) is 32.7 Å². The summed E-state index contributed by atoms with van der Waals surface area (Å²) >= 11 is 0. The molecular weight excluding hydrogens is 389 g/mol. The molecule has 0 N–H and O–H groups in total. The van der Waals surface area contributed by atoms with Crippen LogP contribution in [0.1, 0.15) is 38.4 Å². The average molecular weight is 413 g/mol. The highest BCUT2D eigenvalue weighted by Gasteiger charge is 2.20. The van der Waals surface area contributed by atoms with Gasteiger partial charge < -0.3 is 4.74 Å². The zero-order valence-corrected chi connectivity index (χ0v) is 16.7. The predicted octanol–water partition coefficient (Wildman–Crippen LogP) is 1.76. The number of ether oxygens (including phenoxy) is 1. The Morgan fingerprint density at radius 1 is 1.25 bits per heavy atom. The fraction of sp³-hybridized carbons (Fsp3) is 0.529. The molecule has 0 atom stereocenters. The average Bonchev–Trinajstić information content (AvgIpc) is 3.12. The summed E-state index contributed by atoms with van der Waals surface area (Å²) in [5, 5.41) is 11.3. The molecule has 0 radical (unpaired) electrons. The van der Waals surface area contributed by atoms with E-state index in [2.05, 4.69) is 22.4 Å². The highest BCUT2D eigenvalue weighted by molar-refractivity contribution is 7.89. The Morgan fingerprint density at radius 3 is 2.64 bits per heavy atom. The number of halogens is 1. The van der Waals surface area contributed by atoms with Crippen LogP contribution in [0.3, 0.4) is 0 Å². The number of benzene rings is 1. The summed E-state index contributed by atoms with van der Waals surface area (Å²) in [7, 11) is -2.32. The van der Waals surface area contributed by atoms with Crippen molar-refractivity contribution in [2.24, 2.45) is 0 Å². The fourth-order valence-electron chi connectivity index (χ4n) is 2.38. The van der Waals surface area contributed by atoms with Crippen molar-refractivity contribution < 1.29 is 22.3 Å². The number of nitrogens with zero attached hydrogens (tertiary/aromatic N) is 5. The minimum atomic E-state index is -3.73. The van der Waals surface area contributed by atoms with Gasteiger partial charge in [-0.05, 0) is 47.5 Å². The Kier molecular flexibility index (Phi) is 8.00. The molecule has 0 bridgehead atoms. The molecule has 0 saturated carbocycles. The maximum Gasteiger partial charge on any atom is 0.306 e. The van der Waals surface area contributed by atoms with Gasteiger partial charge in [-0.25, -0.2) is 21.8 Å². The summed E-state index contributed by atoms with van der Waals surface area (Å²) in [6, 6.07) is 4.59. The fourth-order valence-corrected chi connectivity index (χ4v) is 3.59. The third-order valence-electron chi connectivity index (χ3n) is 4.07. The maximum atomic E-state index is 13.0. The Balaban J connectivity index is 1.77. The first-order chi connectivity index (χ1) is 13.3. The first-order valence-corrected chi connectivity index (χ1v) is 10.4. The number of tetrazole rings is 1. The minimum Gasteiger partial charge on any atom is -0.457 e. The van der Waals surface area contributed by atoms with Crippen molar-refractivity contribution in [1.82, 2.24) is 24.5 Å². The standard InChI is InChI=1S/C17H24FN5O4S/c1-3-4-12-23-16(19-20-21-23)13-27-17(24)6-5-11-22(2)28(25,26)15-9-7-14(18)8-10-15/h7-10H,3-6,11-13H2,1-2H3. The molecule has 0 fully saturated rings. The number of carbonyl (C=O) groups excluding carboxylic acids is 1. The van der Waals surface area contributed by atoms with E-state index in [0.717, 1.165) is 29.3 Å². The van der Waals surface area contributed by atoms with Crippen molar-refractivity contribution in [3.05, 3.63) is 35.9 Å². The largest absolute Gasteiger partial charge is 0.457 e. The molecular formula is C17H24FN5O4S. The molecule has 1 aromatic carbocycles. The summed E-state index contributed by atoms with van der Waals surface area (Å²) in [5.74, 6) is -0.500. The van der Waals surface area contributed by atoms with E-state index >= 15 is 0 Å². The number of esters is 1. The third-order valence-corrected chi connectivity index (χ3v) is 5.94. The van der Waals surface area contributed by atoms with Crippen molar-refractivity contribution in [2.45, 2.75) is 50.7 Å². The van der Waals surface area contributed by atoms with E-state index in [0.29, 0.717) is 12.4 Å². The zero-order valence-electron chi connectivity index (χ0n) is 15.9. The molecule has 2 rings (SSSR count). The normalized spacial score (nSPS) is 11.7. The van der Waals surface area contributed by atoms with Gasteiger partial charge in [-0.2, -0.15) is 0 Å². The molecule has 154 valence electrons. The molecule has 0 spiro atoms. The lowest BCUT2D eigenvalue weighted by molar-refractivity contribution is -0.145. The Bertz CT molecular complexity index is 870. The summed E-state index contributed by atoms with van der Waals surface area (Å²) in [4.78, 5) is 11.9. The van der Waals surface area contributed by atoms with E-state index in [1.165, 1.54) is 19.2 Å². The first kappa shape index (κ1) is 21.9. The highest BCUT2D eigenvalue weighted by atomic mass is 32.2. The second-order valence-electron chi connectivity index (χ2n) is 6.22. The van der Waals surface area contributed by atoms with Gasteiger partial charge in [0.1, 0.15) is 5.82 Å². The second kappa shape index (κ2) is 10.2. The molecule has 11 heteroatoms. The van der Waals surface area contributed by atoms with Crippen LogP contribution < -0.4 is 0 Å². The van der Waals surface area contributed by atoms with Crippen molar-refractivity contribution in [3.8, 4) is 0 Å². The third kappa shape index (κ3) is 6.06. The monoisotopic (exact) mass is 413 g/mol. The molecule has 1 aromatic heterocycles. The Labute approximate surface area is 163 Å². The van der Waals surface area contributed by atoms with Crippen molar-refractivity contribution in [1.29, 1.82) is 0 Å². The molecule has 0 unspecified atom stereocenters. The lowest BCUT2D eigenvalue weighted by Crippen LogP contribution is -2.28. The van der Waals surface area contributed by atoms with Crippen LogP contribution in [-0.4, -0.2) is 52.5 Å². The topological polar surface area (TPSA) is 107 Å². The number of carbonyl (C=O) groups is 1. The van der Waals surface area contributed by atoms with Crippen LogP contribution in [0.4, 0.5) is 4.39 Å². The van der Waals surface area contributed by atoms with E-state index in [-0.39, 0.29) is 30.9 Å². The van der Waals surface area contributed by atoms with Gasteiger partial charge in [-0.3, -0.25) is 4.79 Å². The van der Waals surface area contributed by atoms with Crippen molar-refractivity contribution >= 4 is 16.0 Å². The molecule has 0 aliphatic rings. The second-order valence-corrected chi connectivity index (χ2v) is 8.26. The molecule has 0 aliphatic heterocycles. The SMILES string of the molecule is CCCCn1nnnc1COC(=O)CCCN(C)S(=O)(=O)c1ccc(F)cc1. The molecule has 9 nitrogen and oxygen atoms in total. The van der Waals surface area contributed by atoms with E-state index in [4.69, 9.17) is 4.74 Å². The quantitative estimate of drug-likeness (QED) is 0.517. The van der Waals surface area contributed by atoms with Crippen molar-refractivity contribution in [2.75, 3.05) is 13.6 Å². The number of aryl methyl sites for hydroxylation is 1. The molecule has 2 aromatic rings. The number of aromatic nitrogens is 4. The van der Waals surface area contributed by atoms with Gasteiger partial charge in [0.05, 0.1) is 4.90 Å². The van der Waals surface area contributed by atoms with Gasteiger partial charge in [-0.15, -0.1) is 5.10 Å². The van der Waals surface area contributed by atoms with Crippen LogP contribution in [0.15, 0.2) is 29.2 Å². The lowest BCUT2D eigenvalue weighted by Gasteiger charge is -2.16. The lowest BCUT2D eigenvalue weighted by atomic mass is 10.3. The molecule has 0 amide bonds.